The van der Waals surface area contributed by atoms with Crippen LogP contribution < -0.4 is 21.9 Å². The third kappa shape index (κ3) is 4.29. The summed E-state index contributed by atoms with van der Waals surface area (Å²) in [6.45, 7) is 0.345. The van der Waals surface area contributed by atoms with Crippen LogP contribution in [0.5, 0.6) is 0 Å². The van der Waals surface area contributed by atoms with E-state index in [9.17, 15) is 14.4 Å². The van der Waals surface area contributed by atoms with Crippen LogP contribution in [0.4, 0.5) is 0 Å². The Balaban J connectivity index is 1.59. The zero-order valence-electron chi connectivity index (χ0n) is 14.6. The van der Waals surface area contributed by atoms with Crippen LogP contribution in [0.3, 0.4) is 0 Å². The van der Waals surface area contributed by atoms with Crippen LogP contribution in [0.15, 0.2) is 35.1 Å². The molecule has 5 N–H and O–H groups in total. The molecule has 1 aliphatic rings. The normalized spacial score (nSPS) is 19.9. The largest absolute Gasteiger partial charge is 0.353 e. The third-order valence-electron chi connectivity index (χ3n) is 4.80. The molecule has 3 rings (SSSR count). The molecule has 26 heavy (non-hydrogen) atoms. The lowest BCUT2D eigenvalue weighted by Gasteiger charge is -2.29. The first kappa shape index (κ1) is 18.1. The van der Waals surface area contributed by atoms with Gasteiger partial charge in [0.1, 0.15) is 5.56 Å². The van der Waals surface area contributed by atoms with Crippen molar-refractivity contribution in [3.63, 3.8) is 0 Å². The lowest BCUT2D eigenvalue weighted by atomic mass is 9.91. The topological polar surface area (TPSA) is 117 Å². The number of hydrogen-bond acceptors (Lipinski definition) is 4. The Kier molecular flexibility index (Phi) is 5.68. The molecule has 0 aliphatic heterocycles. The van der Waals surface area contributed by atoms with E-state index in [-0.39, 0.29) is 35.0 Å². The van der Waals surface area contributed by atoms with E-state index >= 15 is 0 Å². The van der Waals surface area contributed by atoms with E-state index in [0.29, 0.717) is 18.5 Å². The monoisotopic (exact) mass is 356 g/mol. The third-order valence-corrected chi connectivity index (χ3v) is 4.80. The van der Waals surface area contributed by atoms with Crippen molar-refractivity contribution in [1.29, 1.82) is 0 Å². The number of nitrogens with two attached hydrogens (primary N) is 1. The fourth-order valence-corrected chi connectivity index (χ4v) is 3.39. The highest BCUT2D eigenvalue weighted by molar-refractivity contribution is 5.97. The Morgan fingerprint density at radius 1 is 1.08 bits per heavy atom. The van der Waals surface area contributed by atoms with Gasteiger partial charge in [-0.1, -0.05) is 18.2 Å². The number of fused-ring (bicyclic) bond motifs is 1. The average Bonchev–Trinajstić information content (AvgIpc) is 2.63. The highest BCUT2D eigenvalue weighted by Gasteiger charge is 2.24. The molecule has 1 aromatic carbocycles. The molecular formula is C19H24N4O3. The summed E-state index contributed by atoms with van der Waals surface area (Å²) < 4.78 is 0. The summed E-state index contributed by atoms with van der Waals surface area (Å²) in [6.07, 6.45) is 3.47. The predicted octanol–water partition coefficient (Wildman–Crippen LogP) is 1.03. The minimum Gasteiger partial charge on any atom is -0.353 e. The Morgan fingerprint density at radius 3 is 2.42 bits per heavy atom. The summed E-state index contributed by atoms with van der Waals surface area (Å²) in [5, 5.41) is 6.74. The van der Waals surface area contributed by atoms with Crippen LogP contribution in [-0.2, 0) is 4.79 Å². The minimum atomic E-state index is -0.385. The molecule has 1 aliphatic carbocycles. The number of carbonyl (C=O) groups is 2. The molecule has 1 saturated carbocycles. The molecule has 0 atom stereocenters. The molecule has 2 amide bonds. The van der Waals surface area contributed by atoms with E-state index in [1.807, 2.05) is 18.2 Å². The number of H-pyrrole nitrogens is 1. The number of aromatic nitrogens is 1. The van der Waals surface area contributed by atoms with Crippen molar-refractivity contribution in [3.05, 3.63) is 46.2 Å². The minimum absolute atomic E-state index is 0.0102. The molecule has 7 heteroatoms. The Hall–Kier alpha value is -2.67. The van der Waals surface area contributed by atoms with Crippen LogP contribution in [0, 0.1) is 0 Å². The number of pyridine rings is 1. The number of nitrogens with one attached hydrogen (secondary N) is 3. The lowest BCUT2D eigenvalue weighted by Crippen LogP contribution is -2.44. The molecular weight excluding hydrogens is 332 g/mol. The molecule has 1 aromatic heterocycles. The number of aromatic amines is 1. The summed E-state index contributed by atoms with van der Waals surface area (Å²) in [4.78, 5) is 39.0. The maximum atomic E-state index is 12.5. The van der Waals surface area contributed by atoms with Gasteiger partial charge in [0.2, 0.25) is 5.91 Å². The van der Waals surface area contributed by atoms with Gasteiger partial charge in [-0.3, -0.25) is 14.4 Å². The van der Waals surface area contributed by atoms with Crippen LogP contribution in [-0.4, -0.2) is 35.4 Å². The van der Waals surface area contributed by atoms with E-state index in [2.05, 4.69) is 15.6 Å². The number of para-hydroxylation sites is 1. The molecule has 0 spiro atoms. The standard InChI is InChI=1S/C19H24N4O3/c20-10-9-17(24)21-13-5-7-14(8-6-13)22-18(25)15-11-12-3-1-2-4-16(12)23-19(15)26/h1-4,11,13-14H,5-10,20H2,(H,21,24)(H,22,25)(H,23,26). The summed E-state index contributed by atoms with van der Waals surface area (Å²) in [5.74, 6) is -0.379. The van der Waals surface area contributed by atoms with Crippen LogP contribution >= 0.6 is 0 Å². The van der Waals surface area contributed by atoms with E-state index in [1.165, 1.54) is 0 Å². The lowest BCUT2D eigenvalue weighted by molar-refractivity contribution is -0.121. The molecule has 0 unspecified atom stereocenters. The van der Waals surface area contributed by atoms with Crippen LogP contribution in [0.1, 0.15) is 42.5 Å². The first-order chi connectivity index (χ1) is 12.6. The molecule has 7 nitrogen and oxygen atoms in total. The zero-order valence-corrected chi connectivity index (χ0v) is 14.6. The fourth-order valence-electron chi connectivity index (χ4n) is 3.39. The molecule has 138 valence electrons. The van der Waals surface area contributed by atoms with Gasteiger partial charge in [-0.25, -0.2) is 0 Å². The van der Waals surface area contributed by atoms with E-state index in [0.717, 1.165) is 31.1 Å². The highest BCUT2D eigenvalue weighted by Crippen LogP contribution is 2.19. The van der Waals surface area contributed by atoms with Crippen molar-refractivity contribution in [2.75, 3.05) is 6.54 Å². The van der Waals surface area contributed by atoms with Crippen molar-refractivity contribution >= 4 is 22.7 Å². The number of carbonyl (C=O) groups excluding carboxylic acids is 2. The van der Waals surface area contributed by atoms with Gasteiger partial charge in [-0.2, -0.15) is 0 Å². The summed E-state index contributed by atoms with van der Waals surface area (Å²) in [7, 11) is 0. The van der Waals surface area contributed by atoms with Gasteiger partial charge >= 0.3 is 0 Å². The maximum absolute atomic E-state index is 12.5. The second-order valence-corrected chi connectivity index (χ2v) is 6.73. The molecule has 2 aromatic rings. The number of hydrogen-bond donors (Lipinski definition) is 4. The maximum Gasteiger partial charge on any atom is 0.261 e. The zero-order chi connectivity index (χ0) is 18.5. The van der Waals surface area contributed by atoms with E-state index in [4.69, 9.17) is 5.73 Å². The van der Waals surface area contributed by atoms with Gasteiger partial charge in [-0.15, -0.1) is 0 Å². The van der Waals surface area contributed by atoms with Gasteiger partial charge in [0.25, 0.3) is 11.5 Å². The summed E-state index contributed by atoms with van der Waals surface area (Å²) >= 11 is 0. The fraction of sp³-hybridized carbons (Fsp3) is 0.421. The van der Waals surface area contributed by atoms with Gasteiger partial charge in [0, 0.05) is 30.6 Å². The number of rotatable bonds is 5. The van der Waals surface area contributed by atoms with Crippen LogP contribution in [0.25, 0.3) is 10.9 Å². The second-order valence-electron chi connectivity index (χ2n) is 6.73. The molecule has 0 saturated heterocycles. The van der Waals surface area contributed by atoms with Crippen LogP contribution in [0.2, 0.25) is 0 Å². The second kappa shape index (κ2) is 8.14. The van der Waals surface area contributed by atoms with Crippen molar-refractivity contribution in [2.24, 2.45) is 5.73 Å². The first-order valence-electron chi connectivity index (χ1n) is 8.99. The molecule has 0 radical (unpaired) electrons. The highest BCUT2D eigenvalue weighted by atomic mass is 16.2. The average molecular weight is 356 g/mol. The first-order valence-corrected chi connectivity index (χ1v) is 8.99. The van der Waals surface area contributed by atoms with Crippen molar-refractivity contribution in [2.45, 2.75) is 44.2 Å². The van der Waals surface area contributed by atoms with E-state index < -0.39 is 0 Å². The van der Waals surface area contributed by atoms with Crippen molar-refractivity contribution in [1.82, 2.24) is 15.6 Å². The summed E-state index contributed by atoms with van der Waals surface area (Å²) in [5.41, 5.74) is 5.83. The van der Waals surface area contributed by atoms with Gasteiger partial charge in [-0.05, 0) is 43.2 Å². The molecule has 1 heterocycles. The van der Waals surface area contributed by atoms with E-state index in [1.54, 1.807) is 12.1 Å². The molecule has 0 bridgehead atoms. The predicted molar refractivity (Wildman–Crippen MR) is 99.9 cm³/mol. The van der Waals surface area contributed by atoms with Crippen molar-refractivity contribution in [3.8, 4) is 0 Å². The van der Waals surface area contributed by atoms with Gasteiger partial charge in [0.05, 0.1) is 0 Å². The smallest absolute Gasteiger partial charge is 0.261 e. The number of benzene rings is 1. The Morgan fingerprint density at radius 2 is 1.73 bits per heavy atom. The van der Waals surface area contributed by atoms with Gasteiger partial charge < -0.3 is 21.4 Å². The summed E-state index contributed by atoms with van der Waals surface area (Å²) in [6, 6.07) is 9.13. The Bertz CT molecular complexity index is 853. The van der Waals surface area contributed by atoms with Gasteiger partial charge in [0.15, 0.2) is 0 Å². The quantitative estimate of drug-likeness (QED) is 0.640. The SMILES string of the molecule is NCCC(=O)NC1CCC(NC(=O)c2cc3ccccc3[nH]c2=O)CC1. The number of amides is 2. The Labute approximate surface area is 151 Å². The molecule has 1 fully saturated rings. The van der Waals surface area contributed by atoms with Crippen molar-refractivity contribution < 1.29 is 9.59 Å².